The molecule has 0 aliphatic rings. The second kappa shape index (κ2) is 7.26. The zero-order valence-electron chi connectivity index (χ0n) is 11.8. The fourth-order valence-corrected chi connectivity index (χ4v) is 1.64. The Hall–Kier alpha value is -2.39. The predicted octanol–water partition coefficient (Wildman–Crippen LogP) is 0.834. The largest absolute Gasteiger partial charge is 0.341 e. The first-order valence-corrected chi connectivity index (χ1v) is 6.19. The molecule has 0 fully saturated rings. The molecular weight excluding hydrogens is 256 g/mol. The van der Waals surface area contributed by atoms with Crippen LogP contribution in [0.15, 0.2) is 24.3 Å². The summed E-state index contributed by atoms with van der Waals surface area (Å²) in [6, 6.07) is 8.29. The normalized spacial score (nSPS) is 11.6. The summed E-state index contributed by atoms with van der Waals surface area (Å²) in [5.41, 5.74) is 1.52. The second-order valence-electron chi connectivity index (χ2n) is 4.47. The number of hydrogen-bond acceptors (Lipinski definition) is 4. The molecule has 0 aliphatic heterocycles. The minimum atomic E-state index is -0.526. The highest BCUT2D eigenvalue weighted by Crippen LogP contribution is 2.09. The van der Waals surface area contributed by atoms with Gasteiger partial charge in [0.15, 0.2) is 0 Å². The Kier molecular flexibility index (Phi) is 5.69. The summed E-state index contributed by atoms with van der Waals surface area (Å²) in [6.07, 6.45) is 0. The van der Waals surface area contributed by atoms with Gasteiger partial charge in [-0.1, -0.05) is 12.1 Å². The Morgan fingerprint density at radius 2 is 2.15 bits per heavy atom. The summed E-state index contributed by atoms with van der Waals surface area (Å²) in [5, 5.41) is 13.4. The first kappa shape index (κ1) is 15.7. The van der Waals surface area contributed by atoms with E-state index in [0.29, 0.717) is 12.1 Å². The lowest BCUT2D eigenvalue weighted by molar-refractivity contribution is -0.124. The zero-order chi connectivity index (χ0) is 15.1. The number of imide groups is 1. The number of nitrogens with one attached hydrogen (secondary N) is 2. The number of amides is 3. The van der Waals surface area contributed by atoms with Gasteiger partial charge >= 0.3 is 6.03 Å². The lowest BCUT2D eigenvalue weighted by Crippen LogP contribution is -2.47. The van der Waals surface area contributed by atoms with Crippen molar-refractivity contribution in [3.8, 4) is 6.07 Å². The highest BCUT2D eigenvalue weighted by molar-refractivity contribution is 5.96. The highest BCUT2D eigenvalue weighted by Gasteiger charge is 2.19. The van der Waals surface area contributed by atoms with Gasteiger partial charge in [0.2, 0.25) is 5.91 Å². The summed E-state index contributed by atoms with van der Waals surface area (Å²) in [4.78, 5) is 24.7. The third-order valence-electron chi connectivity index (χ3n) is 2.99. The molecule has 2 N–H and O–H groups in total. The van der Waals surface area contributed by atoms with Crippen LogP contribution in [0.5, 0.6) is 0 Å². The summed E-state index contributed by atoms with van der Waals surface area (Å²) in [7, 11) is 3.23. The van der Waals surface area contributed by atoms with Crippen molar-refractivity contribution >= 4 is 11.9 Å². The molecule has 1 aromatic rings. The van der Waals surface area contributed by atoms with Crippen LogP contribution >= 0.6 is 0 Å². The maximum atomic E-state index is 11.8. The molecular formula is C14H18N4O2. The van der Waals surface area contributed by atoms with Gasteiger partial charge in [-0.15, -0.1) is 0 Å². The standard InChI is InChI=1S/C14H18N4O2/c1-10(13(19)17-14(20)16-2)18(3)9-12-6-4-5-11(7-12)8-15/h4-7,10H,9H2,1-3H3,(H2,16,17,19,20). The number of carbonyl (C=O) groups excluding carboxylic acids is 2. The van der Waals surface area contributed by atoms with Gasteiger partial charge in [-0.2, -0.15) is 5.26 Å². The molecule has 0 saturated heterocycles. The van der Waals surface area contributed by atoms with E-state index >= 15 is 0 Å². The van der Waals surface area contributed by atoms with E-state index in [1.54, 1.807) is 37.1 Å². The fraction of sp³-hybridized carbons (Fsp3) is 0.357. The van der Waals surface area contributed by atoms with E-state index in [4.69, 9.17) is 5.26 Å². The average molecular weight is 274 g/mol. The third-order valence-corrected chi connectivity index (χ3v) is 2.99. The van der Waals surface area contributed by atoms with Crippen molar-refractivity contribution in [2.24, 2.45) is 0 Å². The zero-order valence-corrected chi connectivity index (χ0v) is 11.8. The predicted molar refractivity (Wildman–Crippen MR) is 74.7 cm³/mol. The first-order chi connectivity index (χ1) is 9.47. The van der Waals surface area contributed by atoms with Crippen molar-refractivity contribution in [2.45, 2.75) is 19.5 Å². The lowest BCUT2D eigenvalue weighted by Gasteiger charge is -2.23. The molecule has 1 aromatic carbocycles. The van der Waals surface area contributed by atoms with Gasteiger partial charge in [-0.25, -0.2) is 4.79 Å². The van der Waals surface area contributed by atoms with Crippen molar-refractivity contribution in [3.63, 3.8) is 0 Å². The molecule has 0 aromatic heterocycles. The van der Waals surface area contributed by atoms with Crippen molar-refractivity contribution in [2.75, 3.05) is 14.1 Å². The van der Waals surface area contributed by atoms with E-state index in [0.717, 1.165) is 5.56 Å². The van der Waals surface area contributed by atoms with Crippen LogP contribution in [0.3, 0.4) is 0 Å². The van der Waals surface area contributed by atoms with Crippen LogP contribution in [0, 0.1) is 11.3 Å². The molecule has 1 rings (SSSR count). The van der Waals surface area contributed by atoms with E-state index in [1.807, 2.05) is 6.07 Å². The van der Waals surface area contributed by atoms with E-state index in [9.17, 15) is 9.59 Å². The van der Waals surface area contributed by atoms with E-state index in [1.165, 1.54) is 7.05 Å². The molecule has 0 spiro atoms. The molecule has 6 nitrogen and oxygen atoms in total. The van der Waals surface area contributed by atoms with Gasteiger partial charge in [0.05, 0.1) is 17.7 Å². The van der Waals surface area contributed by atoms with E-state index in [2.05, 4.69) is 16.7 Å². The molecule has 0 radical (unpaired) electrons. The second-order valence-corrected chi connectivity index (χ2v) is 4.47. The topological polar surface area (TPSA) is 85.2 Å². The van der Waals surface area contributed by atoms with E-state index < -0.39 is 12.1 Å². The van der Waals surface area contributed by atoms with Crippen LogP contribution in [-0.4, -0.2) is 37.0 Å². The number of likely N-dealkylation sites (N-methyl/N-ethyl adjacent to an activating group) is 1. The number of nitriles is 1. The van der Waals surface area contributed by atoms with Crippen molar-refractivity contribution < 1.29 is 9.59 Å². The Balaban J connectivity index is 2.65. The molecule has 0 aliphatic carbocycles. The number of benzene rings is 1. The minimum absolute atomic E-state index is 0.372. The van der Waals surface area contributed by atoms with Crippen LogP contribution in [-0.2, 0) is 11.3 Å². The molecule has 0 saturated carbocycles. The molecule has 0 heterocycles. The smallest absolute Gasteiger partial charge is 0.321 e. The van der Waals surface area contributed by atoms with Gasteiger partial charge in [-0.3, -0.25) is 15.0 Å². The van der Waals surface area contributed by atoms with Crippen molar-refractivity contribution in [3.05, 3.63) is 35.4 Å². The molecule has 0 bridgehead atoms. The van der Waals surface area contributed by atoms with Crippen LogP contribution in [0.2, 0.25) is 0 Å². The first-order valence-electron chi connectivity index (χ1n) is 6.19. The Labute approximate surface area is 118 Å². The van der Waals surface area contributed by atoms with Crippen LogP contribution < -0.4 is 10.6 Å². The maximum Gasteiger partial charge on any atom is 0.321 e. The molecule has 3 amide bonds. The summed E-state index contributed by atoms with van der Waals surface area (Å²) in [5.74, 6) is -0.372. The number of rotatable bonds is 4. The average Bonchev–Trinajstić information content (AvgIpc) is 2.46. The fourth-order valence-electron chi connectivity index (χ4n) is 1.64. The Bertz CT molecular complexity index is 536. The lowest BCUT2D eigenvalue weighted by atomic mass is 10.1. The molecule has 1 unspecified atom stereocenters. The summed E-state index contributed by atoms with van der Waals surface area (Å²) in [6.45, 7) is 2.23. The monoisotopic (exact) mass is 274 g/mol. The highest BCUT2D eigenvalue weighted by atomic mass is 16.2. The van der Waals surface area contributed by atoms with Gasteiger partial charge < -0.3 is 5.32 Å². The van der Waals surface area contributed by atoms with Crippen LogP contribution in [0.4, 0.5) is 4.79 Å². The number of urea groups is 1. The minimum Gasteiger partial charge on any atom is -0.341 e. The molecule has 1 atom stereocenters. The summed E-state index contributed by atoms with van der Waals surface area (Å²) >= 11 is 0. The molecule has 20 heavy (non-hydrogen) atoms. The Morgan fingerprint density at radius 1 is 1.45 bits per heavy atom. The number of carbonyl (C=O) groups is 2. The molecule has 6 heteroatoms. The third kappa shape index (κ3) is 4.37. The Morgan fingerprint density at radius 3 is 2.75 bits per heavy atom. The van der Waals surface area contributed by atoms with Crippen LogP contribution in [0.25, 0.3) is 0 Å². The van der Waals surface area contributed by atoms with E-state index in [-0.39, 0.29) is 5.91 Å². The van der Waals surface area contributed by atoms with Gasteiger partial charge in [-0.05, 0) is 31.7 Å². The van der Waals surface area contributed by atoms with Gasteiger partial charge in [0.1, 0.15) is 0 Å². The SMILES string of the molecule is CNC(=O)NC(=O)C(C)N(C)Cc1cccc(C#N)c1. The maximum absolute atomic E-state index is 11.8. The van der Waals surface area contributed by atoms with Crippen molar-refractivity contribution in [1.29, 1.82) is 5.26 Å². The number of hydrogen-bond donors (Lipinski definition) is 2. The molecule has 106 valence electrons. The number of nitrogens with zero attached hydrogens (tertiary/aromatic N) is 2. The van der Waals surface area contributed by atoms with Gasteiger partial charge in [0, 0.05) is 13.6 Å². The summed E-state index contributed by atoms with van der Waals surface area (Å²) < 4.78 is 0. The van der Waals surface area contributed by atoms with Crippen LogP contribution in [0.1, 0.15) is 18.1 Å². The quantitative estimate of drug-likeness (QED) is 0.851. The van der Waals surface area contributed by atoms with Crippen molar-refractivity contribution in [1.82, 2.24) is 15.5 Å². The van der Waals surface area contributed by atoms with Gasteiger partial charge in [0.25, 0.3) is 0 Å².